The van der Waals surface area contributed by atoms with Crippen LogP contribution in [-0.4, -0.2) is 16.1 Å². The zero-order valence-electron chi connectivity index (χ0n) is 10.3. The summed E-state index contributed by atoms with van der Waals surface area (Å²) in [6.45, 7) is 0.702. The first-order valence-electron chi connectivity index (χ1n) is 6.45. The Morgan fingerprint density at radius 2 is 2.24 bits per heavy atom. The molecule has 0 amide bonds. The second kappa shape index (κ2) is 4.15. The van der Waals surface area contributed by atoms with E-state index in [1.54, 1.807) is 0 Å². The fraction of sp³-hybridized carbons (Fsp3) is 0.500. The van der Waals surface area contributed by atoms with Crippen molar-refractivity contribution in [1.82, 2.24) is 9.55 Å². The predicted octanol–water partition coefficient (Wildman–Crippen LogP) is 2.34. The predicted molar refractivity (Wildman–Crippen MR) is 70.1 cm³/mol. The molecule has 1 aliphatic carbocycles. The van der Waals surface area contributed by atoms with Gasteiger partial charge in [0, 0.05) is 13.0 Å². The highest BCUT2D eigenvalue weighted by atomic mass is 15.1. The summed E-state index contributed by atoms with van der Waals surface area (Å²) >= 11 is 0. The highest BCUT2D eigenvalue weighted by Gasteiger charge is 2.24. The molecule has 90 valence electrons. The van der Waals surface area contributed by atoms with Gasteiger partial charge in [-0.15, -0.1) is 0 Å². The molecule has 0 atom stereocenters. The fourth-order valence-electron chi connectivity index (χ4n) is 2.62. The quantitative estimate of drug-likeness (QED) is 0.878. The molecule has 0 bridgehead atoms. The van der Waals surface area contributed by atoms with Gasteiger partial charge in [0.1, 0.15) is 5.82 Å². The maximum atomic E-state index is 5.59. The van der Waals surface area contributed by atoms with Gasteiger partial charge >= 0.3 is 0 Å². The van der Waals surface area contributed by atoms with E-state index in [-0.39, 0.29) is 0 Å². The number of nitrogens with two attached hydrogens (primary N) is 1. The highest BCUT2D eigenvalue weighted by molar-refractivity contribution is 5.77. The number of aryl methyl sites for hydroxylation is 1. The van der Waals surface area contributed by atoms with Crippen molar-refractivity contribution < 1.29 is 0 Å². The topological polar surface area (TPSA) is 43.8 Å². The van der Waals surface area contributed by atoms with Crippen LogP contribution >= 0.6 is 0 Å². The molecule has 1 aromatic carbocycles. The molecule has 2 aromatic rings. The van der Waals surface area contributed by atoms with Crippen molar-refractivity contribution >= 4 is 11.0 Å². The van der Waals surface area contributed by atoms with Gasteiger partial charge in [-0.25, -0.2) is 4.98 Å². The molecule has 17 heavy (non-hydrogen) atoms. The van der Waals surface area contributed by atoms with Gasteiger partial charge in [0.05, 0.1) is 11.0 Å². The highest BCUT2D eigenvalue weighted by Crippen LogP contribution is 2.36. The standard InChI is InChI=1S/C14H19N3/c1-17-13-6-5-10(7-8-15)9-12(13)16-14(17)11-3-2-4-11/h5-6,9,11H,2-4,7-8,15H2,1H3. The van der Waals surface area contributed by atoms with Crippen molar-refractivity contribution in [2.75, 3.05) is 6.54 Å². The van der Waals surface area contributed by atoms with Crippen LogP contribution in [0.15, 0.2) is 18.2 Å². The second-order valence-corrected chi connectivity index (χ2v) is 5.02. The molecule has 1 aliphatic rings. The van der Waals surface area contributed by atoms with Gasteiger partial charge in [-0.2, -0.15) is 0 Å². The van der Waals surface area contributed by atoms with E-state index >= 15 is 0 Å². The minimum atomic E-state index is 0.686. The number of nitrogens with zero attached hydrogens (tertiary/aromatic N) is 2. The number of aromatic nitrogens is 2. The summed E-state index contributed by atoms with van der Waals surface area (Å²) in [6, 6.07) is 6.53. The van der Waals surface area contributed by atoms with Crippen LogP contribution in [0.4, 0.5) is 0 Å². The molecular formula is C14H19N3. The fourth-order valence-corrected chi connectivity index (χ4v) is 2.62. The Bertz CT molecular complexity index is 538. The molecule has 0 radical (unpaired) electrons. The molecule has 3 nitrogen and oxygen atoms in total. The summed E-state index contributed by atoms with van der Waals surface area (Å²) < 4.78 is 2.26. The van der Waals surface area contributed by atoms with Crippen molar-refractivity contribution in [3.05, 3.63) is 29.6 Å². The molecule has 0 spiro atoms. The van der Waals surface area contributed by atoms with Crippen molar-refractivity contribution in [3.63, 3.8) is 0 Å². The van der Waals surface area contributed by atoms with Crippen LogP contribution in [-0.2, 0) is 13.5 Å². The van der Waals surface area contributed by atoms with E-state index in [2.05, 4.69) is 29.8 Å². The van der Waals surface area contributed by atoms with Crippen molar-refractivity contribution in [3.8, 4) is 0 Å². The van der Waals surface area contributed by atoms with Gasteiger partial charge in [-0.05, 0) is 43.5 Å². The third-order valence-electron chi connectivity index (χ3n) is 3.88. The van der Waals surface area contributed by atoms with Crippen LogP contribution in [0.5, 0.6) is 0 Å². The van der Waals surface area contributed by atoms with Crippen LogP contribution in [0.2, 0.25) is 0 Å². The molecule has 1 fully saturated rings. The number of fused-ring (bicyclic) bond motifs is 1. The summed E-state index contributed by atoms with van der Waals surface area (Å²) in [5.41, 5.74) is 9.25. The Balaban J connectivity index is 2.05. The number of hydrogen-bond acceptors (Lipinski definition) is 2. The van der Waals surface area contributed by atoms with E-state index in [1.807, 2.05) is 0 Å². The summed E-state index contributed by atoms with van der Waals surface area (Å²) in [6.07, 6.45) is 4.89. The molecule has 1 saturated carbocycles. The molecule has 3 heteroatoms. The largest absolute Gasteiger partial charge is 0.331 e. The number of hydrogen-bond donors (Lipinski definition) is 1. The summed E-state index contributed by atoms with van der Waals surface area (Å²) in [5, 5.41) is 0. The van der Waals surface area contributed by atoms with Gasteiger partial charge < -0.3 is 10.3 Å². The minimum absolute atomic E-state index is 0.686. The van der Waals surface area contributed by atoms with Crippen molar-refractivity contribution in [2.45, 2.75) is 31.6 Å². The van der Waals surface area contributed by atoms with Gasteiger partial charge in [0.2, 0.25) is 0 Å². The second-order valence-electron chi connectivity index (χ2n) is 5.02. The van der Waals surface area contributed by atoms with Crippen molar-refractivity contribution in [1.29, 1.82) is 0 Å². The summed E-state index contributed by atoms with van der Waals surface area (Å²) in [5.74, 6) is 1.95. The Labute approximate surface area is 102 Å². The molecule has 1 aromatic heterocycles. The maximum absolute atomic E-state index is 5.59. The van der Waals surface area contributed by atoms with Crippen LogP contribution < -0.4 is 5.73 Å². The number of benzene rings is 1. The van der Waals surface area contributed by atoms with Crippen LogP contribution in [0.1, 0.15) is 36.6 Å². The van der Waals surface area contributed by atoms with Gasteiger partial charge in [0.15, 0.2) is 0 Å². The molecule has 1 heterocycles. The smallest absolute Gasteiger partial charge is 0.112 e. The molecule has 0 saturated heterocycles. The van der Waals surface area contributed by atoms with Crippen LogP contribution in [0.3, 0.4) is 0 Å². The lowest BCUT2D eigenvalue weighted by Crippen LogP contribution is -2.13. The molecule has 0 unspecified atom stereocenters. The third kappa shape index (κ3) is 1.75. The van der Waals surface area contributed by atoms with E-state index in [4.69, 9.17) is 10.7 Å². The van der Waals surface area contributed by atoms with E-state index < -0.39 is 0 Å². The SMILES string of the molecule is Cn1c(C2CCC2)nc2cc(CCN)ccc21. The van der Waals surface area contributed by atoms with Crippen LogP contribution in [0, 0.1) is 0 Å². The first-order chi connectivity index (χ1) is 8.29. The molecule has 3 rings (SSSR count). The monoisotopic (exact) mass is 229 g/mol. The summed E-state index contributed by atoms with van der Waals surface area (Å²) in [7, 11) is 2.13. The zero-order chi connectivity index (χ0) is 11.8. The zero-order valence-corrected chi connectivity index (χ0v) is 10.3. The normalized spacial score (nSPS) is 16.4. The summed E-state index contributed by atoms with van der Waals surface area (Å²) in [4.78, 5) is 4.80. The third-order valence-corrected chi connectivity index (χ3v) is 3.88. The van der Waals surface area contributed by atoms with E-state index in [1.165, 1.54) is 36.2 Å². The van der Waals surface area contributed by atoms with Gasteiger partial charge in [0.25, 0.3) is 0 Å². The van der Waals surface area contributed by atoms with Gasteiger partial charge in [-0.3, -0.25) is 0 Å². The lowest BCUT2D eigenvalue weighted by molar-refractivity contribution is 0.395. The Kier molecular flexibility index (Phi) is 2.63. The first kappa shape index (κ1) is 10.8. The number of imidazole rings is 1. The van der Waals surface area contributed by atoms with E-state index in [0.29, 0.717) is 12.5 Å². The number of rotatable bonds is 3. The minimum Gasteiger partial charge on any atom is -0.331 e. The lowest BCUT2D eigenvalue weighted by atomic mass is 9.85. The van der Waals surface area contributed by atoms with E-state index in [0.717, 1.165) is 11.9 Å². The van der Waals surface area contributed by atoms with E-state index in [9.17, 15) is 0 Å². The average Bonchev–Trinajstić information content (AvgIpc) is 2.54. The van der Waals surface area contributed by atoms with Crippen LogP contribution in [0.25, 0.3) is 11.0 Å². The molecule has 0 aliphatic heterocycles. The molecule has 2 N–H and O–H groups in total. The molecular weight excluding hydrogens is 210 g/mol. The van der Waals surface area contributed by atoms with Crippen molar-refractivity contribution in [2.24, 2.45) is 12.8 Å². The Morgan fingerprint density at radius 3 is 2.88 bits per heavy atom. The Morgan fingerprint density at radius 1 is 1.41 bits per heavy atom. The average molecular weight is 229 g/mol. The maximum Gasteiger partial charge on any atom is 0.112 e. The Hall–Kier alpha value is -1.35. The first-order valence-corrected chi connectivity index (χ1v) is 6.45. The lowest BCUT2D eigenvalue weighted by Gasteiger charge is -2.24. The van der Waals surface area contributed by atoms with Gasteiger partial charge in [-0.1, -0.05) is 12.5 Å².